The van der Waals surface area contributed by atoms with Crippen molar-refractivity contribution >= 4 is 17.5 Å². The Hall–Kier alpha value is -2.28. The first-order valence-electron chi connectivity index (χ1n) is 8.45. The van der Waals surface area contributed by atoms with Crippen molar-refractivity contribution in [2.24, 2.45) is 0 Å². The highest BCUT2D eigenvalue weighted by atomic mass is 16.5. The van der Waals surface area contributed by atoms with Crippen LogP contribution >= 0.6 is 0 Å². The summed E-state index contributed by atoms with van der Waals surface area (Å²) in [6.07, 6.45) is 0.283. The number of benzene rings is 1. The first-order chi connectivity index (χ1) is 11.7. The molecule has 1 atom stereocenters. The second-order valence-electron chi connectivity index (χ2n) is 6.20. The van der Waals surface area contributed by atoms with Gasteiger partial charge in [0.25, 0.3) is 5.91 Å². The van der Waals surface area contributed by atoms with Crippen LogP contribution in [0.25, 0.3) is 0 Å². The van der Waals surface area contributed by atoms with E-state index >= 15 is 0 Å². The molecular weight excluding hydrogens is 308 g/mol. The number of piperazine rings is 2. The number of methoxy groups -OCH3 is 1. The van der Waals surface area contributed by atoms with Crippen LogP contribution in [-0.2, 0) is 9.59 Å². The number of hydrogen-bond acceptors (Lipinski definition) is 4. The van der Waals surface area contributed by atoms with Gasteiger partial charge in [-0.2, -0.15) is 0 Å². The smallest absolute Gasteiger partial charge is 0.278 e. The molecule has 24 heavy (non-hydrogen) atoms. The van der Waals surface area contributed by atoms with Gasteiger partial charge < -0.3 is 25.2 Å². The normalized spacial score (nSPS) is 21.4. The molecule has 2 aliphatic rings. The molecule has 7 nitrogen and oxygen atoms in total. The van der Waals surface area contributed by atoms with E-state index in [1.54, 1.807) is 7.11 Å². The third-order valence-electron chi connectivity index (χ3n) is 4.68. The van der Waals surface area contributed by atoms with Crippen LogP contribution < -0.4 is 20.3 Å². The van der Waals surface area contributed by atoms with Gasteiger partial charge in [-0.3, -0.25) is 9.59 Å². The van der Waals surface area contributed by atoms with Crippen LogP contribution in [0.2, 0.25) is 0 Å². The number of rotatable bonds is 4. The van der Waals surface area contributed by atoms with Crippen LogP contribution in [0.3, 0.4) is 0 Å². The summed E-state index contributed by atoms with van der Waals surface area (Å²) in [5, 5.41) is 4.78. The first-order valence-corrected chi connectivity index (χ1v) is 8.45. The lowest BCUT2D eigenvalue weighted by Gasteiger charge is -2.36. The molecule has 2 saturated heterocycles. The van der Waals surface area contributed by atoms with Gasteiger partial charge in [0.1, 0.15) is 5.75 Å². The molecule has 2 heterocycles. The summed E-state index contributed by atoms with van der Waals surface area (Å²) >= 11 is 0. The Kier molecular flexibility index (Phi) is 5.20. The Labute approximate surface area is 141 Å². The van der Waals surface area contributed by atoms with Gasteiger partial charge in [-0.25, -0.2) is 0 Å². The molecule has 0 unspecified atom stereocenters. The average molecular weight is 333 g/mol. The standard InChI is InChI=1S/C17H24N4O3/c1-24-14-4-2-3-13(11-14)20-7-9-21(10-8-20)16(22)12-15-17(23)19-6-5-18-15/h2-4,11,15,18H,5-10,12H2,1H3,(H,19,23)/p+1/t15-/m0/s1. The number of hydrogen-bond donors (Lipinski definition) is 2. The molecule has 0 spiro atoms. The van der Waals surface area contributed by atoms with E-state index < -0.39 is 0 Å². The second-order valence-corrected chi connectivity index (χ2v) is 6.20. The fourth-order valence-corrected chi connectivity index (χ4v) is 3.23. The number of ether oxygens (including phenoxy) is 1. The third kappa shape index (κ3) is 3.79. The Bertz CT molecular complexity index is 599. The number of nitrogens with one attached hydrogen (secondary N) is 1. The van der Waals surface area contributed by atoms with Gasteiger partial charge in [-0.15, -0.1) is 0 Å². The van der Waals surface area contributed by atoms with Crippen molar-refractivity contribution in [2.75, 3.05) is 51.3 Å². The number of carbonyl (C=O) groups excluding carboxylic acids is 2. The average Bonchev–Trinajstić information content (AvgIpc) is 2.64. The van der Waals surface area contributed by atoms with Gasteiger partial charge in [-0.1, -0.05) is 6.07 Å². The summed E-state index contributed by atoms with van der Waals surface area (Å²) in [4.78, 5) is 28.3. The number of amides is 2. The van der Waals surface area contributed by atoms with Gasteiger partial charge in [0.05, 0.1) is 26.6 Å². The monoisotopic (exact) mass is 333 g/mol. The highest BCUT2D eigenvalue weighted by Crippen LogP contribution is 2.22. The Morgan fingerprint density at radius 2 is 2.12 bits per heavy atom. The lowest BCUT2D eigenvalue weighted by molar-refractivity contribution is -0.678. The molecule has 0 saturated carbocycles. The van der Waals surface area contributed by atoms with Crippen molar-refractivity contribution in [3.63, 3.8) is 0 Å². The molecule has 0 bridgehead atoms. The second kappa shape index (κ2) is 7.53. The van der Waals surface area contributed by atoms with Crippen molar-refractivity contribution in [3.8, 4) is 5.75 Å². The van der Waals surface area contributed by atoms with E-state index in [2.05, 4.69) is 16.3 Å². The lowest BCUT2D eigenvalue weighted by Crippen LogP contribution is -2.96. The van der Waals surface area contributed by atoms with Gasteiger partial charge in [0.15, 0.2) is 6.04 Å². The third-order valence-corrected chi connectivity index (χ3v) is 4.68. The molecule has 0 radical (unpaired) electrons. The van der Waals surface area contributed by atoms with Crippen LogP contribution in [0.15, 0.2) is 24.3 Å². The maximum atomic E-state index is 12.4. The Morgan fingerprint density at radius 1 is 1.33 bits per heavy atom. The lowest BCUT2D eigenvalue weighted by atomic mass is 10.1. The zero-order valence-corrected chi connectivity index (χ0v) is 14.0. The minimum absolute atomic E-state index is 0.0235. The molecule has 2 aliphatic heterocycles. The van der Waals surface area contributed by atoms with E-state index in [9.17, 15) is 9.59 Å². The van der Waals surface area contributed by atoms with Crippen LogP contribution in [-0.4, -0.2) is 69.1 Å². The molecule has 130 valence electrons. The molecule has 3 N–H and O–H groups in total. The SMILES string of the molecule is COc1cccc(N2CCN(C(=O)C[C@@H]3[NH2+]CCNC3=O)CC2)c1. The number of nitrogens with two attached hydrogens (primary N) is 1. The van der Waals surface area contributed by atoms with Crippen LogP contribution in [0, 0.1) is 0 Å². The number of anilines is 1. The molecule has 0 aliphatic carbocycles. The van der Waals surface area contributed by atoms with E-state index in [0.29, 0.717) is 19.6 Å². The minimum atomic E-state index is -0.275. The maximum Gasteiger partial charge on any atom is 0.278 e. The minimum Gasteiger partial charge on any atom is -0.497 e. The molecular formula is C17H25N4O3+. The fourth-order valence-electron chi connectivity index (χ4n) is 3.23. The van der Waals surface area contributed by atoms with E-state index in [1.807, 2.05) is 28.4 Å². The summed E-state index contributed by atoms with van der Waals surface area (Å²) in [7, 11) is 1.66. The Balaban J connectivity index is 1.52. The zero-order valence-electron chi connectivity index (χ0n) is 14.0. The van der Waals surface area contributed by atoms with Crippen LogP contribution in [0.5, 0.6) is 5.75 Å². The molecule has 1 aromatic rings. The summed E-state index contributed by atoms with van der Waals surface area (Å²) in [5.41, 5.74) is 1.11. The molecule has 0 aromatic heterocycles. The van der Waals surface area contributed by atoms with E-state index in [0.717, 1.165) is 31.1 Å². The van der Waals surface area contributed by atoms with E-state index in [-0.39, 0.29) is 24.3 Å². The number of carbonyl (C=O) groups is 2. The van der Waals surface area contributed by atoms with Gasteiger partial charge in [-0.05, 0) is 12.1 Å². The predicted octanol–water partition coefficient (Wildman–Crippen LogP) is -1.20. The molecule has 3 rings (SSSR count). The zero-order chi connectivity index (χ0) is 16.9. The van der Waals surface area contributed by atoms with E-state index in [1.165, 1.54) is 0 Å². The molecule has 2 amide bonds. The Morgan fingerprint density at radius 3 is 2.83 bits per heavy atom. The quantitative estimate of drug-likeness (QED) is 0.725. The molecule has 1 aromatic carbocycles. The van der Waals surface area contributed by atoms with E-state index in [4.69, 9.17) is 4.74 Å². The predicted molar refractivity (Wildman–Crippen MR) is 90.0 cm³/mol. The first kappa shape index (κ1) is 16.6. The summed E-state index contributed by atoms with van der Waals surface area (Å²) in [6.45, 7) is 4.48. The highest BCUT2D eigenvalue weighted by Gasteiger charge is 2.31. The summed E-state index contributed by atoms with van der Waals surface area (Å²) in [5.74, 6) is 0.882. The fraction of sp³-hybridized carbons (Fsp3) is 0.529. The maximum absolute atomic E-state index is 12.4. The van der Waals surface area contributed by atoms with Crippen molar-refractivity contribution < 1.29 is 19.6 Å². The summed E-state index contributed by atoms with van der Waals surface area (Å²) < 4.78 is 5.27. The highest BCUT2D eigenvalue weighted by molar-refractivity contribution is 5.87. The van der Waals surface area contributed by atoms with Crippen LogP contribution in [0.1, 0.15) is 6.42 Å². The van der Waals surface area contributed by atoms with Gasteiger partial charge in [0, 0.05) is 37.9 Å². The van der Waals surface area contributed by atoms with Gasteiger partial charge in [0.2, 0.25) is 5.91 Å². The van der Waals surface area contributed by atoms with Crippen molar-refractivity contribution in [3.05, 3.63) is 24.3 Å². The summed E-state index contributed by atoms with van der Waals surface area (Å²) in [6, 6.07) is 7.70. The molecule has 7 heteroatoms. The molecule has 2 fully saturated rings. The number of nitrogens with zero attached hydrogens (tertiary/aromatic N) is 2. The van der Waals surface area contributed by atoms with Crippen molar-refractivity contribution in [1.82, 2.24) is 10.2 Å². The topological polar surface area (TPSA) is 78.5 Å². The largest absolute Gasteiger partial charge is 0.497 e. The van der Waals surface area contributed by atoms with Crippen LogP contribution in [0.4, 0.5) is 5.69 Å². The van der Waals surface area contributed by atoms with Crippen molar-refractivity contribution in [1.29, 1.82) is 0 Å². The van der Waals surface area contributed by atoms with Gasteiger partial charge >= 0.3 is 0 Å². The number of quaternary nitrogens is 1. The van der Waals surface area contributed by atoms with Crippen molar-refractivity contribution in [2.45, 2.75) is 12.5 Å².